The molecular weight excluding hydrogens is 279 g/mol. The molecule has 1 N–H and O–H groups in total. The van der Waals surface area contributed by atoms with E-state index < -0.39 is 11.7 Å². The quantitative estimate of drug-likeness (QED) is 0.909. The summed E-state index contributed by atoms with van der Waals surface area (Å²) in [6.45, 7) is 1.76. The fourth-order valence-corrected chi connectivity index (χ4v) is 1.98. The van der Waals surface area contributed by atoms with E-state index in [2.05, 4.69) is 10.3 Å². The van der Waals surface area contributed by atoms with Crippen LogP contribution in [0.5, 0.6) is 0 Å². The highest BCUT2D eigenvalue weighted by Crippen LogP contribution is 2.36. The molecule has 0 bridgehead atoms. The first-order valence-electron chi connectivity index (χ1n) is 5.44. The Morgan fingerprint density at radius 1 is 1.32 bits per heavy atom. The van der Waals surface area contributed by atoms with Gasteiger partial charge >= 0.3 is 6.18 Å². The third-order valence-electron chi connectivity index (χ3n) is 2.58. The first kappa shape index (κ1) is 13.7. The molecule has 0 aliphatic heterocycles. The molecule has 0 saturated carbocycles. The van der Waals surface area contributed by atoms with Crippen LogP contribution in [0.1, 0.15) is 11.3 Å². The second-order valence-corrected chi connectivity index (χ2v) is 4.40. The molecule has 0 radical (unpaired) electrons. The summed E-state index contributed by atoms with van der Waals surface area (Å²) >= 11 is 5.59. The molecule has 0 atom stereocenters. The van der Waals surface area contributed by atoms with Crippen LogP contribution in [-0.4, -0.2) is 16.6 Å². The predicted octanol–water partition coefficient (Wildman–Crippen LogP) is 3.89. The number of aryl methyl sites for hydroxylation is 1. The molecule has 2 aromatic rings. The molecule has 3 nitrogen and oxygen atoms in total. The van der Waals surface area contributed by atoms with Gasteiger partial charge in [-0.1, -0.05) is 11.6 Å². The van der Waals surface area contributed by atoms with E-state index in [1.54, 1.807) is 24.7 Å². The number of halogens is 4. The fraction of sp³-hybridized carbons (Fsp3) is 0.250. The van der Waals surface area contributed by atoms with Crippen molar-refractivity contribution in [3.63, 3.8) is 0 Å². The molecule has 0 aliphatic rings. The van der Waals surface area contributed by atoms with E-state index in [9.17, 15) is 13.2 Å². The van der Waals surface area contributed by atoms with E-state index in [0.717, 1.165) is 6.07 Å². The van der Waals surface area contributed by atoms with Crippen LogP contribution >= 0.6 is 11.6 Å². The number of nitrogens with one attached hydrogen (secondary N) is 1. The lowest BCUT2D eigenvalue weighted by Gasteiger charge is -2.12. The van der Waals surface area contributed by atoms with Crippen LogP contribution in [-0.2, 0) is 6.18 Å². The Balaban J connectivity index is 2.57. The Labute approximate surface area is 113 Å². The van der Waals surface area contributed by atoms with Crippen molar-refractivity contribution in [1.82, 2.24) is 9.55 Å². The highest BCUT2D eigenvalue weighted by Gasteiger charge is 2.33. The summed E-state index contributed by atoms with van der Waals surface area (Å²) in [5.74, 6) is 0.466. The van der Waals surface area contributed by atoms with Gasteiger partial charge in [-0.25, -0.2) is 4.98 Å². The van der Waals surface area contributed by atoms with Gasteiger partial charge in [0.2, 0.25) is 5.95 Å². The monoisotopic (exact) mass is 289 g/mol. The first-order valence-corrected chi connectivity index (χ1v) is 5.81. The molecule has 19 heavy (non-hydrogen) atoms. The maximum absolute atomic E-state index is 12.8. The van der Waals surface area contributed by atoms with Gasteiger partial charge in [0.25, 0.3) is 0 Å². The van der Waals surface area contributed by atoms with Gasteiger partial charge in [0.15, 0.2) is 0 Å². The summed E-state index contributed by atoms with van der Waals surface area (Å²) in [7, 11) is 1.65. The van der Waals surface area contributed by atoms with Crippen LogP contribution in [0.4, 0.5) is 19.1 Å². The molecule has 2 rings (SSSR count). The topological polar surface area (TPSA) is 29.9 Å². The third-order valence-corrected chi connectivity index (χ3v) is 2.91. The van der Waals surface area contributed by atoms with Crippen molar-refractivity contribution in [2.24, 2.45) is 0 Å². The van der Waals surface area contributed by atoms with E-state index in [-0.39, 0.29) is 5.02 Å². The van der Waals surface area contributed by atoms with Gasteiger partial charge in [-0.3, -0.25) is 4.57 Å². The van der Waals surface area contributed by atoms with Crippen LogP contribution in [0, 0.1) is 6.92 Å². The Hall–Kier alpha value is -1.69. The Bertz CT molecular complexity index is 605. The number of anilines is 1. The zero-order chi connectivity index (χ0) is 14.2. The minimum absolute atomic E-state index is 0.320. The van der Waals surface area contributed by atoms with E-state index in [1.165, 1.54) is 12.1 Å². The van der Waals surface area contributed by atoms with E-state index in [0.29, 0.717) is 17.3 Å². The smallest absolute Gasteiger partial charge is 0.358 e. The van der Waals surface area contributed by atoms with Gasteiger partial charge < -0.3 is 5.32 Å². The van der Waals surface area contributed by atoms with Crippen LogP contribution < -0.4 is 5.32 Å². The van der Waals surface area contributed by atoms with Crippen LogP contribution in [0.25, 0.3) is 5.69 Å². The second kappa shape index (κ2) is 4.77. The van der Waals surface area contributed by atoms with Gasteiger partial charge in [0.05, 0.1) is 16.3 Å². The lowest BCUT2D eigenvalue weighted by atomic mass is 10.2. The molecular formula is C12H11ClF3N3. The average Bonchev–Trinajstić information content (AvgIpc) is 2.69. The summed E-state index contributed by atoms with van der Waals surface area (Å²) in [6.07, 6.45) is -2.84. The van der Waals surface area contributed by atoms with E-state index >= 15 is 0 Å². The van der Waals surface area contributed by atoms with Gasteiger partial charge in [-0.2, -0.15) is 13.2 Å². The molecule has 7 heteroatoms. The summed E-state index contributed by atoms with van der Waals surface area (Å²) in [5.41, 5.74) is 0.189. The van der Waals surface area contributed by atoms with Crippen LogP contribution in [0.3, 0.4) is 0 Å². The summed E-state index contributed by atoms with van der Waals surface area (Å²) < 4.78 is 40.0. The Kier molecular flexibility index (Phi) is 3.45. The number of aromatic nitrogens is 2. The van der Waals surface area contributed by atoms with Crippen molar-refractivity contribution in [3.05, 3.63) is 40.7 Å². The van der Waals surface area contributed by atoms with Crippen molar-refractivity contribution in [3.8, 4) is 5.69 Å². The lowest BCUT2D eigenvalue weighted by Crippen LogP contribution is -2.08. The molecule has 1 heterocycles. The minimum atomic E-state index is -4.48. The molecule has 1 aromatic heterocycles. The molecule has 1 aromatic carbocycles. The summed E-state index contributed by atoms with van der Waals surface area (Å²) in [6, 6.07) is 3.75. The molecule has 0 fully saturated rings. The number of benzene rings is 1. The van der Waals surface area contributed by atoms with Crippen molar-refractivity contribution in [1.29, 1.82) is 0 Å². The van der Waals surface area contributed by atoms with Crippen LogP contribution in [0.15, 0.2) is 24.4 Å². The standard InChI is InChI=1S/C12H11ClF3N3/c1-7-6-19(11(17-2)18-7)8-3-4-10(13)9(5-8)12(14,15)16/h3-6H,1-2H3,(H,17,18). The average molecular weight is 290 g/mol. The zero-order valence-corrected chi connectivity index (χ0v) is 11.0. The lowest BCUT2D eigenvalue weighted by molar-refractivity contribution is -0.137. The molecule has 0 unspecified atom stereocenters. The van der Waals surface area contributed by atoms with Crippen LogP contribution in [0.2, 0.25) is 5.02 Å². The van der Waals surface area contributed by atoms with Gasteiger partial charge in [-0.05, 0) is 25.1 Å². The molecule has 0 aliphatic carbocycles. The minimum Gasteiger partial charge on any atom is -0.358 e. The SMILES string of the molecule is CNc1nc(C)cn1-c1ccc(Cl)c(C(F)(F)F)c1. The third kappa shape index (κ3) is 2.68. The van der Waals surface area contributed by atoms with Crippen molar-refractivity contribution >= 4 is 17.5 Å². The summed E-state index contributed by atoms with van der Waals surface area (Å²) in [5, 5.41) is 2.51. The van der Waals surface area contributed by atoms with E-state index in [4.69, 9.17) is 11.6 Å². The first-order chi connectivity index (χ1) is 8.82. The van der Waals surface area contributed by atoms with Crippen molar-refractivity contribution in [2.45, 2.75) is 13.1 Å². The molecule has 0 spiro atoms. The highest BCUT2D eigenvalue weighted by atomic mass is 35.5. The van der Waals surface area contributed by atoms with Crippen molar-refractivity contribution in [2.75, 3.05) is 12.4 Å². The molecule has 0 saturated heterocycles. The normalized spacial score (nSPS) is 11.7. The number of alkyl halides is 3. The van der Waals surface area contributed by atoms with Gasteiger partial charge in [0, 0.05) is 18.9 Å². The number of nitrogens with zero attached hydrogens (tertiary/aromatic N) is 2. The Morgan fingerprint density at radius 2 is 2.00 bits per heavy atom. The van der Waals surface area contributed by atoms with Gasteiger partial charge in [0.1, 0.15) is 0 Å². The molecule has 102 valence electrons. The molecule has 0 amide bonds. The van der Waals surface area contributed by atoms with Gasteiger partial charge in [-0.15, -0.1) is 0 Å². The maximum atomic E-state index is 12.8. The zero-order valence-electron chi connectivity index (χ0n) is 10.2. The largest absolute Gasteiger partial charge is 0.417 e. The number of hydrogen-bond acceptors (Lipinski definition) is 2. The highest BCUT2D eigenvalue weighted by molar-refractivity contribution is 6.31. The fourth-order valence-electron chi connectivity index (χ4n) is 1.75. The number of imidazole rings is 1. The maximum Gasteiger partial charge on any atom is 0.417 e. The predicted molar refractivity (Wildman–Crippen MR) is 67.9 cm³/mol. The number of hydrogen-bond donors (Lipinski definition) is 1. The summed E-state index contributed by atoms with van der Waals surface area (Å²) in [4.78, 5) is 4.16. The van der Waals surface area contributed by atoms with Crippen molar-refractivity contribution < 1.29 is 13.2 Å². The van der Waals surface area contributed by atoms with E-state index in [1.807, 2.05) is 0 Å². The second-order valence-electron chi connectivity index (χ2n) is 3.99. The Morgan fingerprint density at radius 3 is 2.58 bits per heavy atom. The number of rotatable bonds is 2.